The van der Waals surface area contributed by atoms with Crippen LogP contribution in [0.2, 0.25) is 0 Å². The SMILES string of the molecule is COCN(c1ccccc1[C@H]1NCCc2cc(OC)c(OC)cc21)S(=O)(=O)c1cccc2ccccc12. The minimum absolute atomic E-state index is 0.131. The molecule has 8 heteroatoms. The summed E-state index contributed by atoms with van der Waals surface area (Å²) in [5, 5.41) is 5.11. The van der Waals surface area contributed by atoms with E-state index in [1.165, 1.54) is 11.4 Å². The number of ether oxygens (including phenoxy) is 3. The second-order valence-corrected chi connectivity index (χ2v) is 10.7. The van der Waals surface area contributed by atoms with Gasteiger partial charge in [0.05, 0.1) is 30.8 Å². The molecule has 192 valence electrons. The molecule has 0 fully saturated rings. The Hall–Kier alpha value is -3.59. The first-order valence-corrected chi connectivity index (χ1v) is 13.5. The average molecular weight is 519 g/mol. The molecule has 0 saturated carbocycles. The minimum Gasteiger partial charge on any atom is -0.493 e. The maximum atomic E-state index is 14.2. The van der Waals surface area contributed by atoms with Crippen LogP contribution in [0.4, 0.5) is 5.69 Å². The van der Waals surface area contributed by atoms with Gasteiger partial charge >= 0.3 is 0 Å². The van der Waals surface area contributed by atoms with Gasteiger partial charge < -0.3 is 19.5 Å². The molecule has 1 aliphatic heterocycles. The first-order chi connectivity index (χ1) is 18.0. The lowest BCUT2D eigenvalue weighted by Crippen LogP contribution is -2.36. The van der Waals surface area contributed by atoms with Gasteiger partial charge in [0.2, 0.25) is 0 Å². The number of fused-ring (bicyclic) bond motifs is 2. The van der Waals surface area contributed by atoms with Gasteiger partial charge in [-0.1, -0.05) is 54.6 Å². The first-order valence-electron chi connectivity index (χ1n) is 12.1. The number of hydrogen-bond donors (Lipinski definition) is 1. The third-order valence-electron chi connectivity index (χ3n) is 6.78. The van der Waals surface area contributed by atoms with Crippen molar-refractivity contribution in [1.82, 2.24) is 5.32 Å². The van der Waals surface area contributed by atoms with Crippen molar-refractivity contribution in [2.75, 3.05) is 38.9 Å². The van der Waals surface area contributed by atoms with E-state index >= 15 is 0 Å². The van der Waals surface area contributed by atoms with Gasteiger partial charge in [-0.2, -0.15) is 0 Å². The van der Waals surface area contributed by atoms with Crippen molar-refractivity contribution in [3.05, 3.63) is 95.6 Å². The molecule has 0 radical (unpaired) electrons. The average Bonchev–Trinajstić information content (AvgIpc) is 2.94. The van der Waals surface area contributed by atoms with Crippen molar-refractivity contribution in [1.29, 1.82) is 0 Å². The molecule has 0 saturated heterocycles. The topological polar surface area (TPSA) is 77.1 Å². The number of hydrogen-bond acceptors (Lipinski definition) is 6. The highest BCUT2D eigenvalue weighted by Gasteiger charge is 2.32. The van der Waals surface area contributed by atoms with Crippen LogP contribution < -0.4 is 19.1 Å². The van der Waals surface area contributed by atoms with Crippen LogP contribution in [0.25, 0.3) is 10.8 Å². The van der Waals surface area contributed by atoms with Crippen molar-refractivity contribution in [2.45, 2.75) is 17.4 Å². The van der Waals surface area contributed by atoms with E-state index in [2.05, 4.69) is 5.32 Å². The van der Waals surface area contributed by atoms with Crippen molar-refractivity contribution >= 4 is 26.5 Å². The van der Waals surface area contributed by atoms with Gasteiger partial charge in [0.25, 0.3) is 10.0 Å². The molecule has 7 nitrogen and oxygen atoms in total. The zero-order chi connectivity index (χ0) is 26.0. The molecule has 0 aromatic heterocycles. The predicted octanol–water partition coefficient (Wildman–Crippen LogP) is 4.89. The van der Waals surface area contributed by atoms with Gasteiger partial charge in [-0.25, -0.2) is 12.7 Å². The van der Waals surface area contributed by atoms with Gasteiger partial charge in [0, 0.05) is 19.0 Å². The number of rotatable bonds is 8. The Morgan fingerprint density at radius 2 is 1.57 bits per heavy atom. The van der Waals surface area contributed by atoms with Crippen LogP contribution >= 0.6 is 0 Å². The monoisotopic (exact) mass is 518 g/mol. The summed E-state index contributed by atoms with van der Waals surface area (Å²) >= 11 is 0. The zero-order valence-electron chi connectivity index (χ0n) is 21.1. The molecule has 0 amide bonds. The van der Waals surface area contributed by atoms with E-state index in [4.69, 9.17) is 14.2 Å². The summed E-state index contributed by atoms with van der Waals surface area (Å²) in [6.07, 6.45) is 0.824. The smallest absolute Gasteiger partial charge is 0.266 e. The van der Waals surface area contributed by atoms with E-state index in [9.17, 15) is 8.42 Å². The Morgan fingerprint density at radius 3 is 2.35 bits per heavy atom. The third kappa shape index (κ3) is 4.52. The quantitative estimate of drug-likeness (QED) is 0.335. The van der Waals surface area contributed by atoms with E-state index in [1.807, 2.05) is 66.7 Å². The van der Waals surface area contributed by atoms with Crippen LogP contribution in [0.3, 0.4) is 0 Å². The van der Waals surface area contributed by atoms with Gasteiger partial charge in [-0.15, -0.1) is 0 Å². The largest absolute Gasteiger partial charge is 0.493 e. The van der Waals surface area contributed by atoms with E-state index in [0.717, 1.165) is 35.0 Å². The number of anilines is 1. The summed E-state index contributed by atoms with van der Waals surface area (Å²) in [4.78, 5) is 0.237. The van der Waals surface area contributed by atoms with E-state index in [-0.39, 0.29) is 17.7 Å². The van der Waals surface area contributed by atoms with Gasteiger partial charge in [0.15, 0.2) is 11.5 Å². The molecule has 0 unspecified atom stereocenters. The summed E-state index contributed by atoms with van der Waals surface area (Å²) < 4.78 is 46.3. The molecule has 1 aliphatic rings. The molecule has 1 heterocycles. The second kappa shape index (κ2) is 10.4. The fourth-order valence-electron chi connectivity index (χ4n) is 5.04. The lowest BCUT2D eigenvalue weighted by Gasteiger charge is -2.33. The Morgan fingerprint density at radius 1 is 0.865 bits per heavy atom. The van der Waals surface area contributed by atoms with Crippen LogP contribution in [0.15, 0.2) is 83.8 Å². The number of methoxy groups -OCH3 is 3. The maximum absolute atomic E-state index is 14.2. The van der Waals surface area contributed by atoms with Crippen LogP contribution in [-0.4, -0.2) is 43.0 Å². The highest BCUT2D eigenvalue weighted by molar-refractivity contribution is 7.93. The molecule has 0 spiro atoms. The fourth-order valence-corrected chi connectivity index (χ4v) is 6.67. The standard InChI is InChI=1S/C29H30N2O5S/c1-34-19-31(37(32,33)28-14-8-10-20-9-4-5-11-22(20)28)25-13-7-6-12-23(25)29-24-18-27(36-3)26(35-2)17-21(24)15-16-30-29/h4-14,17-18,29-30H,15-16,19H2,1-3H3/t29-/m1/s1. The van der Waals surface area contributed by atoms with E-state index in [1.54, 1.807) is 26.4 Å². The van der Waals surface area contributed by atoms with Crippen LogP contribution in [0.5, 0.6) is 11.5 Å². The molecule has 0 bridgehead atoms. The number of nitrogens with zero attached hydrogens (tertiary/aromatic N) is 1. The van der Waals surface area contributed by atoms with Gasteiger partial charge in [-0.05, 0) is 52.8 Å². The van der Waals surface area contributed by atoms with E-state index < -0.39 is 10.0 Å². The zero-order valence-corrected chi connectivity index (χ0v) is 21.9. The lowest BCUT2D eigenvalue weighted by atomic mass is 9.88. The van der Waals surface area contributed by atoms with Gasteiger partial charge in [0.1, 0.15) is 6.73 Å². The molecule has 4 aromatic rings. The molecule has 1 atom stereocenters. The van der Waals surface area contributed by atoms with Crippen LogP contribution in [0.1, 0.15) is 22.7 Å². The highest BCUT2D eigenvalue weighted by Crippen LogP contribution is 2.41. The highest BCUT2D eigenvalue weighted by atomic mass is 32.2. The van der Waals surface area contributed by atoms with Crippen molar-refractivity contribution < 1.29 is 22.6 Å². The molecule has 1 N–H and O–H groups in total. The summed E-state index contributed by atoms with van der Waals surface area (Å²) in [5.74, 6) is 1.30. The van der Waals surface area contributed by atoms with Crippen LogP contribution in [0, 0.1) is 0 Å². The van der Waals surface area contributed by atoms with Crippen LogP contribution in [-0.2, 0) is 21.2 Å². The predicted molar refractivity (Wildman–Crippen MR) is 145 cm³/mol. The molecular formula is C29H30N2O5S. The summed E-state index contributed by atoms with van der Waals surface area (Å²) in [6, 6.07) is 24.1. The summed E-state index contributed by atoms with van der Waals surface area (Å²) in [5.41, 5.74) is 3.54. The lowest BCUT2D eigenvalue weighted by molar-refractivity contribution is 0.209. The molecule has 0 aliphatic carbocycles. The third-order valence-corrected chi connectivity index (χ3v) is 8.57. The van der Waals surface area contributed by atoms with Gasteiger partial charge in [-0.3, -0.25) is 0 Å². The number of nitrogens with one attached hydrogen (secondary N) is 1. The second-order valence-electron chi connectivity index (χ2n) is 8.85. The Balaban J connectivity index is 1.66. The fraction of sp³-hybridized carbons (Fsp3) is 0.241. The molecular weight excluding hydrogens is 488 g/mol. The van der Waals surface area contributed by atoms with E-state index in [0.29, 0.717) is 22.6 Å². The number of sulfonamides is 1. The Kier molecular flexibility index (Phi) is 7.06. The summed E-state index contributed by atoms with van der Waals surface area (Å²) in [6.45, 7) is 0.607. The number of para-hydroxylation sites is 1. The van der Waals surface area contributed by atoms with Crippen molar-refractivity contribution in [2.24, 2.45) is 0 Å². The minimum atomic E-state index is -3.97. The van der Waals surface area contributed by atoms with Crippen molar-refractivity contribution in [3.8, 4) is 11.5 Å². The summed E-state index contributed by atoms with van der Waals surface area (Å²) in [7, 11) is 0.766. The molecule has 37 heavy (non-hydrogen) atoms. The van der Waals surface area contributed by atoms with Crippen molar-refractivity contribution in [3.63, 3.8) is 0 Å². The molecule has 5 rings (SSSR count). The first kappa shape index (κ1) is 25.1. The normalized spacial score (nSPS) is 15.3. The Labute approximate surface area is 217 Å². The molecule has 4 aromatic carbocycles. The number of benzene rings is 4. The Bertz CT molecular complexity index is 1530. The maximum Gasteiger partial charge on any atom is 0.266 e.